The summed E-state index contributed by atoms with van der Waals surface area (Å²) in [6.45, 7) is 2.19. The highest BCUT2D eigenvalue weighted by Crippen LogP contribution is 2.30. The van der Waals surface area contributed by atoms with Gasteiger partial charge in [0.05, 0.1) is 6.10 Å². The van der Waals surface area contributed by atoms with Crippen LogP contribution >= 0.6 is 11.8 Å². The molecule has 114 valence electrons. The van der Waals surface area contributed by atoms with E-state index in [1.165, 1.54) is 4.90 Å². The summed E-state index contributed by atoms with van der Waals surface area (Å²) >= 11 is 1.84. The SMILES string of the molecule is CCSC1CCCC1NC(=O)N1C[C@H](O)C[C@H]1C(=O)O. The molecule has 1 aliphatic carbocycles. The molecule has 2 rings (SSSR count). The Morgan fingerprint density at radius 3 is 2.80 bits per heavy atom. The van der Waals surface area contributed by atoms with Gasteiger partial charge in [-0.05, 0) is 18.6 Å². The van der Waals surface area contributed by atoms with Crippen LogP contribution in [0.2, 0.25) is 0 Å². The molecule has 1 heterocycles. The van der Waals surface area contributed by atoms with E-state index in [2.05, 4.69) is 12.2 Å². The second kappa shape index (κ2) is 6.67. The number of carboxylic acid groups (broad SMARTS) is 1. The van der Waals surface area contributed by atoms with Gasteiger partial charge >= 0.3 is 12.0 Å². The summed E-state index contributed by atoms with van der Waals surface area (Å²) in [5, 5.41) is 22.1. The van der Waals surface area contributed by atoms with Crippen molar-refractivity contribution in [2.45, 2.75) is 56.0 Å². The molecule has 2 aliphatic rings. The van der Waals surface area contributed by atoms with Gasteiger partial charge in [0, 0.05) is 24.3 Å². The van der Waals surface area contributed by atoms with E-state index >= 15 is 0 Å². The van der Waals surface area contributed by atoms with Gasteiger partial charge in [0.15, 0.2) is 0 Å². The van der Waals surface area contributed by atoms with Crippen LogP contribution in [0.3, 0.4) is 0 Å². The van der Waals surface area contributed by atoms with Crippen molar-refractivity contribution in [3.05, 3.63) is 0 Å². The number of thioether (sulfide) groups is 1. The molecule has 4 atom stereocenters. The van der Waals surface area contributed by atoms with Gasteiger partial charge in [-0.15, -0.1) is 0 Å². The van der Waals surface area contributed by atoms with Crippen molar-refractivity contribution in [3.8, 4) is 0 Å². The Kier molecular flexibility index (Phi) is 5.15. The Morgan fingerprint density at radius 1 is 1.40 bits per heavy atom. The maximum absolute atomic E-state index is 12.2. The van der Waals surface area contributed by atoms with Crippen LogP contribution < -0.4 is 5.32 Å². The first-order chi connectivity index (χ1) is 9.52. The van der Waals surface area contributed by atoms with E-state index in [1.54, 1.807) is 0 Å². The average molecular weight is 302 g/mol. The van der Waals surface area contributed by atoms with Crippen LogP contribution in [0.4, 0.5) is 4.79 Å². The van der Waals surface area contributed by atoms with Crippen molar-refractivity contribution in [1.29, 1.82) is 0 Å². The zero-order valence-corrected chi connectivity index (χ0v) is 12.4. The van der Waals surface area contributed by atoms with Crippen LogP contribution in [-0.2, 0) is 4.79 Å². The Bertz CT molecular complexity index is 379. The first-order valence-electron chi connectivity index (χ1n) is 7.12. The maximum Gasteiger partial charge on any atom is 0.326 e. The molecule has 7 heteroatoms. The molecule has 3 N–H and O–H groups in total. The second-order valence-electron chi connectivity index (χ2n) is 5.38. The fourth-order valence-electron chi connectivity index (χ4n) is 3.02. The first kappa shape index (κ1) is 15.4. The van der Waals surface area contributed by atoms with Gasteiger partial charge in [0.2, 0.25) is 0 Å². The van der Waals surface area contributed by atoms with Gasteiger partial charge < -0.3 is 20.4 Å². The number of nitrogens with one attached hydrogen (secondary N) is 1. The van der Waals surface area contributed by atoms with Gasteiger partial charge in [-0.1, -0.05) is 13.3 Å². The van der Waals surface area contributed by atoms with Crippen molar-refractivity contribution in [2.24, 2.45) is 0 Å². The predicted octanol–water partition coefficient (Wildman–Crippen LogP) is 0.890. The van der Waals surface area contributed by atoms with Gasteiger partial charge in [0.25, 0.3) is 0 Å². The highest BCUT2D eigenvalue weighted by molar-refractivity contribution is 7.99. The van der Waals surface area contributed by atoms with Crippen molar-refractivity contribution in [3.63, 3.8) is 0 Å². The fourth-order valence-corrected chi connectivity index (χ4v) is 4.22. The second-order valence-corrected chi connectivity index (χ2v) is 6.89. The number of carboxylic acids is 1. The standard InChI is InChI=1S/C13H22N2O4S/c1-2-20-11-5-3-4-9(11)14-13(19)15-7-8(16)6-10(15)12(17)18/h8-11,16H,2-7H2,1H3,(H,14,19)(H,17,18)/t8-,9?,10+,11?/m1/s1. The van der Waals surface area contributed by atoms with E-state index < -0.39 is 18.1 Å². The summed E-state index contributed by atoms with van der Waals surface area (Å²) in [5.41, 5.74) is 0. The number of likely N-dealkylation sites (tertiary alicyclic amines) is 1. The lowest BCUT2D eigenvalue weighted by atomic mass is 10.2. The lowest BCUT2D eigenvalue weighted by Crippen LogP contribution is -2.50. The fraction of sp³-hybridized carbons (Fsp3) is 0.846. The number of urea groups is 1. The molecule has 1 saturated carbocycles. The molecule has 1 saturated heterocycles. The van der Waals surface area contributed by atoms with E-state index in [1.807, 2.05) is 11.8 Å². The Hall–Kier alpha value is -0.950. The van der Waals surface area contributed by atoms with Crippen LogP contribution in [0.25, 0.3) is 0 Å². The normalized spacial score (nSPS) is 33.4. The van der Waals surface area contributed by atoms with Gasteiger partial charge in [-0.3, -0.25) is 0 Å². The number of hydrogen-bond acceptors (Lipinski definition) is 4. The molecule has 2 unspecified atom stereocenters. The van der Waals surface area contributed by atoms with E-state index in [4.69, 9.17) is 5.11 Å². The lowest BCUT2D eigenvalue weighted by Gasteiger charge is -2.26. The van der Waals surface area contributed by atoms with Gasteiger partial charge in [0.1, 0.15) is 6.04 Å². The molecule has 0 aromatic carbocycles. The van der Waals surface area contributed by atoms with Crippen molar-refractivity contribution in [2.75, 3.05) is 12.3 Å². The quantitative estimate of drug-likeness (QED) is 0.717. The van der Waals surface area contributed by atoms with Gasteiger partial charge in [-0.25, -0.2) is 9.59 Å². The zero-order chi connectivity index (χ0) is 14.7. The number of nitrogens with zero attached hydrogens (tertiary/aromatic N) is 1. The number of β-amino-alcohol motifs (C(OH)–C–C–N with tert-alkyl or cyclic N) is 1. The molecule has 1 aliphatic heterocycles. The van der Waals surface area contributed by atoms with Crippen LogP contribution in [-0.4, -0.2) is 62.8 Å². The highest BCUT2D eigenvalue weighted by Gasteiger charge is 2.40. The summed E-state index contributed by atoms with van der Waals surface area (Å²) < 4.78 is 0. The largest absolute Gasteiger partial charge is 0.480 e. The lowest BCUT2D eigenvalue weighted by molar-refractivity contribution is -0.141. The summed E-state index contributed by atoms with van der Waals surface area (Å²) in [6, 6.07) is -1.16. The van der Waals surface area contributed by atoms with E-state index in [0.29, 0.717) is 5.25 Å². The molecule has 0 spiro atoms. The minimum Gasteiger partial charge on any atom is -0.480 e. The topological polar surface area (TPSA) is 89.9 Å². The highest BCUT2D eigenvalue weighted by atomic mass is 32.2. The Morgan fingerprint density at radius 2 is 2.15 bits per heavy atom. The smallest absolute Gasteiger partial charge is 0.326 e. The minimum absolute atomic E-state index is 0.0983. The Labute approximate surface area is 122 Å². The Balaban J connectivity index is 1.95. The summed E-state index contributed by atoms with van der Waals surface area (Å²) in [5.74, 6) is -0.0420. The molecule has 0 aromatic rings. The van der Waals surface area contributed by atoms with E-state index in [-0.39, 0.29) is 25.0 Å². The molecule has 0 aromatic heterocycles. The molecular formula is C13H22N2O4S. The average Bonchev–Trinajstić information content (AvgIpc) is 2.97. The third kappa shape index (κ3) is 3.38. The van der Waals surface area contributed by atoms with E-state index in [0.717, 1.165) is 25.0 Å². The molecule has 0 bridgehead atoms. The molecule has 0 radical (unpaired) electrons. The maximum atomic E-state index is 12.2. The summed E-state index contributed by atoms with van der Waals surface area (Å²) in [7, 11) is 0. The van der Waals surface area contributed by atoms with Crippen LogP contribution in [0.15, 0.2) is 0 Å². The summed E-state index contributed by atoms with van der Waals surface area (Å²) in [4.78, 5) is 24.6. The molecule has 20 heavy (non-hydrogen) atoms. The van der Waals surface area contributed by atoms with Crippen LogP contribution in [0, 0.1) is 0 Å². The number of carbonyl (C=O) groups excluding carboxylic acids is 1. The number of carbonyl (C=O) groups is 2. The van der Waals surface area contributed by atoms with Crippen molar-refractivity contribution >= 4 is 23.8 Å². The number of amides is 2. The number of hydrogen-bond donors (Lipinski definition) is 3. The summed E-state index contributed by atoms with van der Waals surface area (Å²) in [6.07, 6.45) is 2.49. The monoisotopic (exact) mass is 302 g/mol. The number of aliphatic hydroxyl groups is 1. The number of aliphatic carboxylic acids is 1. The van der Waals surface area contributed by atoms with Crippen molar-refractivity contribution < 1.29 is 19.8 Å². The molecular weight excluding hydrogens is 280 g/mol. The third-order valence-electron chi connectivity index (χ3n) is 3.97. The number of aliphatic hydroxyl groups excluding tert-OH is 1. The first-order valence-corrected chi connectivity index (χ1v) is 8.17. The molecule has 2 amide bonds. The zero-order valence-electron chi connectivity index (χ0n) is 11.6. The van der Waals surface area contributed by atoms with E-state index in [9.17, 15) is 14.7 Å². The van der Waals surface area contributed by atoms with Gasteiger partial charge in [-0.2, -0.15) is 11.8 Å². The number of rotatable bonds is 4. The van der Waals surface area contributed by atoms with Crippen LogP contribution in [0.5, 0.6) is 0 Å². The molecule has 2 fully saturated rings. The van der Waals surface area contributed by atoms with Crippen LogP contribution in [0.1, 0.15) is 32.6 Å². The molecule has 6 nitrogen and oxygen atoms in total. The minimum atomic E-state index is -1.05. The third-order valence-corrected chi connectivity index (χ3v) is 5.29. The van der Waals surface area contributed by atoms with Crippen molar-refractivity contribution in [1.82, 2.24) is 10.2 Å². The predicted molar refractivity (Wildman–Crippen MR) is 76.8 cm³/mol.